The number of hydrogen-bond acceptors (Lipinski definition) is 5. The van der Waals surface area contributed by atoms with Crippen LogP contribution in [-0.4, -0.2) is 51.8 Å². The van der Waals surface area contributed by atoms with Crippen molar-refractivity contribution in [1.29, 1.82) is 0 Å². The monoisotopic (exact) mass is 478 g/mol. The van der Waals surface area contributed by atoms with E-state index in [0.717, 1.165) is 30.9 Å². The Morgan fingerprint density at radius 1 is 1.00 bits per heavy atom. The van der Waals surface area contributed by atoms with Crippen LogP contribution in [-0.2, 0) is 22.1 Å². The first kappa shape index (κ1) is 27.4. The van der Waals surface area contributed by atoms with Gasteiger partial charge in [-0.2, -0.15) is 0 Å². The highest BCUT2D eigenvalue weighted by molar-refractivity contribution is 6.83. The maximum Gasteiger partial charge on any atom is 0.361 e. The normalized spacial score (nSPS) is 24.4. The van der Waals surface area contributed by atoms with Gasteiger partial charge < -0.3 is 22.1 Å². The van der Waals surface area contributed by atoms with Gasteiger partial charge in [0.15, 0.2) is 25.0 Å². The van der Waals surface area contributed by atoms with E-state index in [1.54, 1.807) is 0 Å². The third-order valence-electron chi connectivity index (χ3n) is 4.13. The molecule has 1 saturated heterocycles. The number of hydrogen-bond donors (Lipinski definition) is 0. The molecule has 1 rings (SSSR count). The van der Waals surface area contributed by atoms with Gasteiger partial charge in [0.05, 0.1) is 6.61 Å². The fourth-order valence-electron chi connectivity index (χ4n) is 3.70. The largest absolute Gasteiger partial charge is 0.434 e. The second-order valence-electron chi connectivity index (χ2n) is 11.3. The Balaban J connectivity index is 3.40. The van der Waals surface area contributed by atoms with Crippen molar-refractivity contribution in [1.82, 2.24) is 0 Å². The van der Waals surface area contributed by atoms with E-state index < -0.39 is 39.5 Å². The molecule has 0 spiro atoms. The molecule has 2 unspecified atom stereocenters. The molecule has 29 heavy (non-hydrogen) atoms. The minimum atomic E-state index is -2.76. The zero-order chi connectivity index (χ0) is 22.7. The molecule has 5 nitrogen and oxygen atoms in total. The van der Waals surface area contributed by atoms with E-state index in [-0.39, 0.29) is 5.73 Å². The van der Waals surface area contributed by atoms with Gasteiger partial charge in [-0.3, -0.25) is 0 Å². The summed E-state index contributed by atoms with van der Waals surface area (Å²) in [7, 11) is -8.49. The Kier molecular flexibility index (Phi) is 9.38. The fourth-order valence-corrected chi connectivity index (χ4v) is 14.3. The Labute approximate surface area is 184 Å². The van der Waals surface area contributed by atoms with E-state index in [9.17, 15) is 0 Å². The summed E-state index contributed by atoms with van der Waals surface area (Å²) >= 11 is 0. The van der Waals surface area contributed by atoms with Crippen molar-refractivity contribution in [2.45, 2.75) is 110 Å². The zero-order valence-electron chi connectivity index (χ0n) is 20.9. The van der Waals surface area contributed by atoms with Gasteiger partial charge >= 0.3 is 8.56 Å². The van der Waals surface area contributed by atoms with Gasteiger partial charge in [-0.25, -0.2) is 0 Å². The maximum atomic E-state index is 7.00. The lowest BCUT2D eigenvalue weighted by Gasteiger charge is -2.53. The van der Waals surface area contributed by atoms with Gasteiger partial charge in [-0.05, 0) is 84.7 Å². The zero-order valence-corrected chi connectivity index (χ0v) is 24.9. The van der Waals surface area contributed by atoms with Crippen LogP contribution in [0.15, 0.2) is 12.2 Å². The molecular weight excluding hydrogens is 433 g/mol. The fraction of sp³-hybridized carbons (Fsp3) is 0.900. The SMILES string of the molecule is C=C(C)COC(CC)[Si]1(O[Si](C)(C)C)CCCC(O[Si](C)(C)C)(O[Si](C)(C)C)O1. The summed E-state index contributed by atoms with van der Waals surface area (Å²) in [6.45, 7) is 28.5. The molecule has 1 fully saturated rings. The molecule has 0 radical (unpaired) electrons. The highest BCUT2D eigenvalue weighted by Crippen LogP contribution is 2.43. The van der Waals surface area contributed by atoms with Gasteiger partial charge in [0.2, 0.25) is 0 Å². The summed E-state index contributed by atoms with van der Waals surface area (Å²) in [6.07, 6.45) is 2.57. The molecule has 0 aromatic rings. The standard InChI is InChI=1S/C20H46O5Si4/c1-13-19(21-17-18(2)3)29(25-28(10,11)12)16-14-15-20(24-29,22-26(4,5)6)23-27(7,8)9/h19H,2,13-17H2,1,3-12H3. The first-order valence-electron chi connectivity index (χ1n) is 11.0. The highest BCUT2D eigenvalue weighted by atomic mass is 28.4. The Morgan fingerprint density at radius 3 is 1.90 bits per heavy atom. The van der Waals surface area contributed by atoms with E-state index in [1.165, 1.54) is 0 Å². The summed E-state index contributed by atoms with van der Waals surface area (Å²) in [5.41, 5.74) is 0.945. The van der Waals surface area contributed by atoms with Crippen LogP contribution in [0.25, 0.3) is 0 Å². The van der Waals surface area contributed by atoms with Crippen LogP contribution in [0.2, 0.25) is 65.0 Å². The van der Waals surface area contributed by atoms with E-state index in [4.69, 9.17) is 22.1 Å². The van der Waals surface area contributed by atoms with E-state index in [1.807, 2.05) is 6.92 Å². The number of rotatable bonds is 11. The summed E-state index contributed by atoms with van der Waals surface area (Å²) < 4.78 is 33.6. The molecule has 1 heterocycles. The molecule has 0 aromatic carbocycles. The smallest absolute Gasteiger partial charge is 0.361 e. The Bertz CT molecular complexity index is 535. The maximum absolute atomic E-state index is 7.00. The predicted octanol–water partition coefficient (Wildman–Crippen LogP) is 6.36. The molecule has 0 N–H and O–H groups in total. The first-order valence-corrected chi connectivity index (χ1v) is 23.3. The van der Waals surface area contributed by atoms with Crippen LogP contribution in [0.3, 0.4) is 0 Å². The van der Waals surface area contributed by atoms with Crippen LogP contribution in [0.5, 0.6) is 0 Å². The van der Waals surface area contributed by atoms with Crippen LogP contribution < -0.4 is 0 Å². The predicted molar refractivity (Wildman–Crippen MR) is 132 cm³/mol. The molecule has 1 aliphatic rings. The van der Waals surface area contributed by atoms with Gasteiger partial charge in [0.1, 0.15) is 5.73 Å². The molecule has 0 amide bonds. The van der Waals surface area contributed by atoms with Crippen molar-refractivity contribution < 1.29 is 22.1 Å². The van der Waals surface area contributed by atoms with Crippen LogP contribution in [0.4, 0.5) is 0 Å². The lowest BCUT2D eigenvalue weighted by molar-refractivity contribution is -0.289. The third-order valence-corrected chi connectivity index (χ3v) is 13.1. The van der Waals surface area contributed by atoms with Crippen LogP contribution in [0.1, 0.15) is 33.1 Å². The highest BCUT2D eigenvalue weighted by Gasteiger charge is 2.59. The van der Waals surface area contributed by atoms with Crippen molar-refractivity contribution in [3.05, 3.63) is 12.2 Å². The molecule has 1 aliphatic heterocycles. The lowest BCUT2D eigenvalue weighted by atomic mass is 10.3. The Morgan fingerprint density at radius 2 is 1.52 bits per heavy atom. The first-order chi connectivity index (χ1) is 12.9. The van der Waals surface area contributed by atoms with Crippen molar-refractivity contribution in [2.75, 3.05) is 6.61 Å². The number of ether oxygens (including phenoxy) is 1. The van der Waals surface area contributed by atoms with Crippen LogP contribution in [0, 0.1) is 0 Å². The average Bonchev–Trinajstić information content (AvgIpc) is 2.41. The molecule has 0 aromatic heterocycles. The Hall–Kier alpha value is 0.408. The van der Waals surface area contributed by atoms with Crippen molar-refractivity contribution in [3.8, 4) is 0 Å². The van der Waals surface area contributed by atoms with Crippen molar-refractivity contribution >= 4 is 33.5 Å². The summed E-state index contributed by atoms with van der Waals surface area (Å²) in [5.74, 6) is -1.00. The van der Waals surface area contributed by atoms with Crippen molar-refractivity contribution in [3.63, 3.8) is 0 Å². The van der Waals surface area contributed by atoms with Crippen molar-refractivity contribution in [2.24, 2.45) is 0 Å². The van der Waals surface area contributed by atoms with Gasteiger partial charge in [-0.1, -0.05) is 19.1 Å². The van der Waals surface area contributed by atoms with E-state index in [2.05, 4.69) is 72.4 Å². The lowest BCUT2D eigenvalue weighted by Crippen LogP contribution is -2.68. The summed E-state index contributed by atoms with van der Waals surface area (Å²) in [4.78, 5) is 0. The molecular formula is C20H46O5Si4. The molecule has 9 heteroatoms. The second kappa shape index (κ2) is 9.91. The molecule has 0 aliphatic carbocycles. The minimum absolute atomic E-state index is 0.0685. The van der Waals surface area contributed by atoms with Gasteiger partial charge in [0.25, 0.3) is 5.97 Å². The van der Waals surface area contributed by atoms with Crippen LogP contribution >= 0.6 is 0 Å². The second-order valence-corrected chi connectivity index (χ2v) is 28.1. The average molecular weight is 479 g/mol. The van der Waals surface area contributed by atoms with E-state index >= 15 is 0 Å². The van der Waals surface area contributed by atoms with E-state index in [0.29, 0.717) is 6.61 Å². The molecule has 2 atom stereocenters. The van der Waals surface area contributed by atoms with Gasteiger partial charge in [0, 0.05) is 6.42 Å². The topological polar surface area (TPSA) is 46.2 Å². The third kappa shape index (κ3) is 9.61. The summed E-state index contributed by atoms with van der Waals surface area (Å²) in [6, 6.07) is 0.915. The molecule has 0 saturated carbocycles. The quantitative estimate of drug-likeness (QED) is 0.196. The summed E-state index contributed by atoms with van der Waals surface area (Å²) in [5, 5.41) is 0. The van der Waals surface area contributed by atoms with Gasteiger partial charge in [-0.15, -0.1) is 0 Å². The molecule has 172 valence electrons. The molecule has 0 bridgehead atoms. The minimum Gasteiger partial charge on any atom is -0.434 e.